The number of rotatable bonds is 3. The summed E-state index contributed by atoms with van der Waals surface area (Å²) in [7, 11) is 1.35. The highest BCUT2D eigenvalue weighted by molar-refractivity contribution is 5.90. The third kappa shape index (κ3) is 2.67. The fourth-order valence-corrected chi connectivity index (χ4v) is 2.65. The number of nitrogens with one attached hydrogen (secondary N) is 1. The summed E-state index contributed by atoms with van der Waals surface area (Å²) >= 11 is 0. The normalized spacial score (nSPS) is 21.8. The number of carboxylic acid groups (broad SMARTS) is 1. The van der Waals surface area contributed by atoms with Crippen molar-refractivity contribution in [2.24, 2.45) is 5.92 Å². The van der Waals surface area contributed by atoms with Crippen LogP contribution in [0, 0.1) is 19.8 Å². The Labute approximate surface area is 117 Å². The molecule has 0 radical (unpaired) electrons. The molecule has 5 nitrogen and oxygen atoms in total. The maximum absolute atomic E-state index is 11.7. The number of aliphatic carboxylic acids is 1. The van der Waals surface area contributed by atoms with Crippen molar-refractivity contribution in [1.29, 1.82) is 0 Å². The molecular weight excluding hydrogens is 258 g/mol. The molecule has 2 N–H and O–H groups in total. The topological polar surface area (TPSA) is 75.6 Å². The van der Waals surface area contributed by atoms with Crippen LogP contribution in [-0.4, -0.2) is 30.7 Å². The Morgan fingerprint density at radius 3 is 2.60 bits per heavy atom. The molecule has 1 saturated heterocycles. The van der Waals surface area contributed by atoms with Gasteiger partial charge in [0.25, 0.3) is 0 Å². The molecule has 0 aromatic heterocycles. The van der Waals surface area contributed by atoms with Gasteiger partial charge in [-0.15, -0.1) is 0 Å². The van der Waals surface area contributed by atoms with E-state index in [2.05, 4.69) is 5.32 Å². The number of hydrogen-bond donors (Lipinski definition) is 2. The van der Waals surface area contributed by atoms with Gasteiger partial charge in [-0.1, -0.05) is 0 Å². The number of carbonyl (C=O) groups excluding carboxylic acids is 1. The summed E-state index contributed by atoms with van der Waals surface area (Å²) in [6.07, 6.45) is 0.542. The molecule has 1 aromatic carbocycles. The van der Waals surface area contributed by atoms with Crippen LogP contribution in [0.25, 0.3) is 0 Å². The van der Waals surface area contributed by atoms with E-state index < -0.39 is 5.97 Å². The van der Waals surface area contributed by atoms with Crippen LogP contribution < -0.4 is 5.32 Å². The van der Waals surface area contributed by atoms with E-state index in [1.807, 2.05) is 13.8 Å². The standard InChI is InChI=1S/C15H19NO4/c1-8-4-10(15(19)20-3)5-12(9(8)2)13-6-11(7-16-13)14(17)18/h4-5,11,13,16H,6-7H2,1-3H3,(H,17,18). The summed E-state index contributed by atoms with van der Waals surface area (Å²) in [5.74, 6) is -1.53. The SMILES string of the molecule is COC(=O)c1cc(C)c(C)c(C2CC(C(=O)O)CN2)c1. The van der Waals surface area contributed by atoms with Crippen molar-refractivity contribution in [1.82, 2.24) is 5.32 Å². The largest absolute Gasteiger partial charge is 0.481 e. The zero-order valence-corrected chi connectivity index (χ0v) is 11.9. The third-order valence-corrected chi connectivity index (χ3v) is 3.98. The summed E-state index contributed by atoms with van der Waals surface area (Å²) in [5, 5.41) is 12.3. The number of carboxylic acids is 1. The number of aryl methyl sites for hydroxylation is 1. The monoisotopic (exact) mass is 277 g/mol. The number of ether oxygens (including phenoxy) is 1. The van der Waals surface area contributed by atoms with E-state index in [9.17, 15) is 9.59 Å². The minimum absolute atomic E-state index is 0.0283. The van der Waals surface area contributed by atoms with Gasteiger partial charge in [-0.05, 0) is 49.1 Å². The van der Waals surface area contributed by atoms with Gasteiger partial charge in [-0.25, -0.2) is 4.79 Å². The van der Waals surface area contributed by atoms with Crippen LogP contribution in [0.4, 0.5) is 0 Å². The molecule has 2 atom stereocenters. The van der Waals surface area contributed by atoms with Crippen molar-refractivity contribution in [2.75, 3.05) is 13.7 Å². The summed E-state index contributed by atoms with van der Waals surface area (Å²) in [4.78, 5) is 22.7. The molecule has 108 valence electrons. The summed E-state index contributed by atoms with van der Waals surface area (Å²) in [6, 6.07) is 3.57. The Balaban J connectivity index is 2.34. The van der Waals surface area contributed by atoms with Crippen LogP contribution in [0.5, 0.6) is 0 Å². The molecule has 1 aliphatic heterocycles. The first kappa shape index (κ1) is 14.5. The quantitative estimate of drug-likeness (QED) is 0.824. The van der Waals surface area contributed by atoms with Crippen LogP contribution >= 0.6 is 0 Å². The van der Waals surface area contributed by atoms with Gasteiger partial charge in [0.15, 0.2) is 0 Å². The minimum Gasteiger partial charge on any atom is -0.481 e. The lowest BCUT2D eigenvalue weighted by Gasteiger charge is -2.17. The molecule has 0 saturated carbocycles. The Bertz CT molecular complexity index is 553. The molecule has 1 heterocycles. The lowest BCUT2D eigenvalue weighted by atomic mass is 9.92. The molecule has 1 aliphatic rings. The molecule has 2 rings (SSSR count). The van der Waals surface area contributed by atoms with Crippen LogP contribution in [-0.2, 0) is 9.53 Å². The van der Waals surface area contributed by atoms with Gasteiger partial charge in [-0.3, -0.25) is 4.79 Å². The van der Waals surface area contributed by atoms with Gasteiger partial charge in [0.1, 0.15) is 0 Å². The maximum atomic E-state index is 11.7. The molecule has 1 aromatic rings. The fraction of sp³-hybridized carbons (Fsp3) is 0.467. The van der Waals surface area contributed by atoms with Gasteiger partial charge in [0.05, 0.1) is 18.6 Å². The van der Waals surface area contributed by atoms with E-state index in [1.54, 1.807) is 12.1 Å². The third-order valence-electron chi connectivity index (χ3n) is 3.98. The summed E-state index contributed by atoms with van der Waals surface area (Å²) in [6.45, 7) is 4.39. The number of carbonyl (C=O) groups is 2. The smallest absolute Gasteiger partial charge is 0.337 e. The van der Waals surface area contributed by atoms with Gasteiger partial charge >= 0.3 is 11.9 Å². The van der Waals surface area contributed by atoms with E-state index in [0.717, 1.165) is 16.7 Å². The highest BCUT2D eigenvalue weighted by Gasteiger charge is 2.31. The summed E-state index contributed by atoms with van der Waals surface area (Å²) in [5.41, 5.74) is 3.57. The van der Waals surface area contributed by atoms with Crippen molar-refractivity contribution >= 4 is 11.9 Å². The molecule has 1 fully saturated rings. The first-order chi connectivity index (χ1) is 9.43. The Morgan fingerprint density at radius 2 is 2.05 bits per heavy atom. The van der Waals surface area contributed by atoms with Gasteiger partial charge < -0.3 is 15.2 Å². The molecule has 0 amide bonds. The molecule has 20 heavy (non-hydrogen) atoms. The number of methoxy groups -OCH3 is 1. The predicted molar refractivity (Wildman–Crippen MR) is 73.7 cm³/mol. The molecule has 0 spiro atoms. The second-order valence-electron chi connectivity index (χ2n) is 5.23. The average Bonchev–Trinajstić information content (AvgIpc) is 2.90. The Morgan fingerprint density at radius 1 is 1.35 bits per heavy atom. The van der Waals surface area contributed by atoms with Crippen LogP contribution in [0.3, 0.4) is 0 Å². The van der Waals surface area contributed by atoms with E-state index in [0.29, 0.717) is 18.5 Å². The maximum Gasteiger partial charge on any atom is 0.337 e. The van der Waals surface area contributed by atoms with Gasteiger partial charge in [0.2, 0.25) is 0 Å². The Kier molecular flexibility index (Phi) is 4.09. The Hall–Kier alpha value is -1.88. The molecule has 0 aliphatic carbocycles. The van der Waals surface area contributed by atoms with E-state index in [1.165, 1.54) is 7.11 Å². The molecule has 0 bridgehead atoms. The second kappa shape index (κ2) is 5.63. The average molecular weight is 277 g/mol. The number of hydrogen-bond acceptors (Lipinski definition) is 4. The highest BCUT2D eigenvalue weighted by Crippen LogP contribution is 2.31. The minimum atomic E-state index is -0.779. The van der Waals surface area contributed by atoms with Crippen molar-refractivity contribution < 1.29 is 19.4 Å². The van der Waals surface area contributed by atoms with Crippen molar-refractivity contribution in [3.8, 4) is 0 Å². The highest BCUT2D eigenvalue weighted by atomic mass is 16.5. The molecule has 5 heteroatoms. The van der Waals surface area contributed by atoms with Crippen molar-refractivity contribution in [3.63, 3.8) is 0 Å². The fourth-order valence-electron chi connectivity index (χ4n) is 2.65. The first-order valence-corrected chi connectivity index (χ1v) is 6.59. The second-order valence-corrected chi connectivity index (χ2v) is 5.23. The van der Waals surface area contributed by atoms with Crippen molar-refractivity contribution in [2.45, 2.75) is 26.3 Å². The van der Waals surface area contributed by atoms with Gasteiger partial charge in [0, 0.05) is 12.6 Å². The van der Waals surface area contributed by atoms with Crippen LogP contribution in [0.2, 0.25) is 0 Å². The molecular formula is C15H19NO4. The molecule has 2 unspecified atom stereocenters. The van der Waals surface area contributed by atoms with Crippen molar-refractivity contribution in [3.05, 3.63) is 34.4 Å². The lowest BCUT2D eigenvalue weighted by Crippen LogP contribution is -2.18. The van der Waals surface area contributed by atoms with E-state index >= 15 is 0 Å². The zero-order valence-electron chi connectivity index (χ0n) is 11.9. The van der Waals surface area contributed by atoms with Gasteiger partial charge in [-0.2, -0.15) is 0 Å². The first-order valence-electron chi connectivity index (χ1n) is 6.59. The lowest BCUT2D eigenvalue weighted by molar-refractivity contribution is -0.141. The zero-order chi connectivity index (χ0) is 14.9. The predicted octanol–water partition coefficient (Wildman–Crippen LogP) is 1.83. The number of esters is 1. The van der Waals surface area contributed by atoms with Crippen LogP contribution in [0.15, 0.2) is 12.1 Å². The summed E-state index contributed by atoms with van der Waals surface area (Å²) < 4.78 is 4.75. The van der Waals surface area contributed by atoms with Crippen LogP contribution in [0.1, 0.15) is 39.5 Å². The van der Waals surface area contributed by atoms with E-state index in [4.69, 9.17) is 9.84 Å². The number of benzene rings is 1. The van der Waals surface area contributed by atoms with E-state index in [-0.39, 0.29) is 17.9 Å².